The Balaban J connectivity index is 2.02. The average Bonchev–Trinajstić information content (AvgIpc) is 2.20. The molecule has 1 amide bonds. The minimum absolute atomic E-state index is 0.0643. The number of amides is 1. The quantitative estimate of drug-likeness (QED) is 0.578. The van der Waals surface area contributed by atoms with Gasteiger partial charge in [-0.3, -0.25) is 4.84 Å². The SMILES string of the molecule is CCOC(=O)N1O[C@@H]2C=C[C@H]1CC2. The molecule has 2 heterocycles. The van der Waals surface area contributed by atoms with E-state index in [9.17, 15) is 4.79 Å². The Bertz CT molecular complexity index is 239. The van der Waals surface area contributed by atoms with Crippen LogP contribution in [-0.4, -0.2) is 29.9 Å². The van der Waals surface area contributed by atoms with Gasteiger partial charge in [0.2, 0.25) is 0 Å². The summed E-state index contributed by atoms with van der Waals surface area (Å²) in [5.41, 5.74) is 0. The third-order valence-corrected chi connectivity index (χ3v) is 2.29. The lowest BCUT2D eigenvalue weighted by molar-refractivity contribution is -0.208. The van der Waals surface area contributed by atoms with E-state index in [2.05, 4.69) is 0 Å². The van der Waals surface area contributed by atoms with Gasteiger partial charge in [0.15, 0.2) is 0 Å². The first-order valence-corrected chi connectivity index (χ1v) is 4.62. The van der Waals surface area contributed by atoms with Crippen molar-refractivity contribution >= 4 is 6.09 Å². The second-order valence-electron chi connectivity index (χ2n) is 3.20. The molecule has 0 N–H and O–H groups in total. The van der Waals surface area contributed by atoms with Crippen LogP contribution in [0.4, 0.5) is 4.79 Å². The third-order valence-electron chi connectivity index (χ3n) is 2.29. The maximum Gasteiger partial charge on any atom is 0.434 e. The monoisotopic (exact) mass is 183 g/mol. The van der Waals surface area contributed by atoms with Gasteiger partial charge in [-0.15, -0.1) is 0 Å². The second kappa shape index (κ2) is 3.38. The van der Waals surface area contributed by atoms with E-state index < -0.39 is 0 Å². The van der Waals surface area contributed by atoms with E-state index in [1.165, 1.54) is 5.06 Å². The molecule has 1 aliphatic carbocycles. The molecule has 4 heteroatoms. The summed E-state index contributed by atoms with van der Waals surface area (Å²) in [6.45, 7) is 2.18. The molecule has 0 aromatic heterocycles. The summed E-state index contributed by atoms with van der Waals surface area (Å²) in [7, 11) is 0. The Kier molecular flexibility index (Phi) is 2.22. The van der Waals surface area contributed by atoms with Crippen LogP contribution in [0.2, 0.25) is 0 Å². The summed E-state index contributed by atoms with van der Waals surface area (Å²) >= 11 is 0. The van der Waals surface area contributed by atoms with Crippen LogP contribution < -0.4 is 0 Å². The van der Waals surface area contributed by atoms with Gasteiger partial charge in [0.25, 0.3) is 0 Å². The number of carbonyl (C=O) groups is 1. The van der Waals surface area contributed by atoms with Crippen molar-refractivity contribution in [1.82, 2.24) is 5.06 Å². The van der Waals surface area contributed by atoms with E-state index in [1.54, 1.807) is 6.92 Å². The first-order valence-electron chi connectivity index (χ1n) is 4.62. The van der Waals surface area contributed by atoms with E-state index in [1.807, 2.05) is 12.2 Å². The van der Waals surface area contributed by atoms with Crippen LogP contribution in [0.1, 0.15) is 19.8 Å². The molecule has 4 nitrogen and oxygen atoms in total. The lowest BCUT2D eigenvalue weighted by atomic mass is 9.99. The molecule has 3 aliphatic rings. The van der Waals surface area contributed by atoms with Crippen molar-refractivity contribution in [3.05, 3.63) is 12.2 Å². The fraction of sp³-hybridized carbons (Fsp3) is 0.667. The smallest absolute Gasteiger partial charge is 0.434 e. The van der Waals surface area contributed by atoms with E-state index in [0.29, 0.717) is 6.61 Å². The molecular formula is C9H13NO3. The Morgan fingerprint density at radius 3 is 2.92 bits per heavy atom. The van der Waals surface area contributed by atoms with Crippen molar-refractivity contribution in [2.45, 2.75) is 31.9 Å². The fourth-order valence-corrected chi connectivity index (χ4v) is 1.65. The zero-order valence-corrected chi connectivity index (χ0v) is 7.60. The lowest BCUT2D eigenvalue weighted by Gasteiger charge is -2.39. The minimum Gasteiger partial charge on any atom is -0.448 e. The Morgan fingerprint density at radius 2 is 2.46 bits per heavy atom. The summed E-state index contributed by atoms with van der Waals surface area (Å²) in [6.07, 6.45) is 5.67. The van der Waals surface area contributed by atoms with Gasteiger partial charge in [0, 0.05) is 0 Å². The molecule has 0 aromatic rings. The number of rotatable bonds is 1. The molecule has 3 rings (SSSR count). The number of hydrogen-bond donors (Lipinski definition) is 0. The number of hydroxylamine groups is 2. The topological polar surface area (TPSA) is 38.8 Å². The minimum atomic E-state index is -0.374. The number of ether oxygens (including phenoxy) is 1. The van der Waals surface area contributed by atoms with Gasteiger partial charge in [0.05, 0.1) is 12.6 Å². The molecule has 0 radical (unpaired) electrons. The number of nitrogens with zero attached hydrogens (tertiary/aromatic N) is 1. The average molecular weight is 183 g/mol. The zero-order chi connectivity index (χ0) is 9.26. The summed E-state index contributed by atoms with van der Waals surface area (Å²) in [6, 6.07) is 0.0732. The van der Waals surface area contributed by atoms with Crippen molar-refractivity contribution in [3.63, 3.8) is 0 Å². The van der Waals surface area contributed by atoms with Crippen LogP contribution in [0.25, 0.3) is 0 Å². The fourth-order valence-electron chi connectivity index (χ4n) is 1.65. The lowest BCUT2D eigenvalue weighted by Crippen LogP contribution is -2.48. The van der Waals surface area contributed by atoms with Crippen LogP contribution in [0.5, 0.6) is 0 Å². The molecular weight excluding hydrogens is 170 g/mol. The van der Waals surface area contributed by atoms with Crippen LogP contribution in [0, 0.1) is 0 Å². The molecule has 0 saturated carbocycles. The normalized spacial score (nSPS) is 30.7. The third kappa shape index (κ3) is 1.54. The van der Waals surface area contributed by atoms with Crippen molar-refractivity contribution in [1.29, 1.82) is 0 Å². The maximum atomic E-state index is 11.3. The van der Waals surface area contributed by atoms with Gasteiger partial charge in [-0.25, -0.2) is 4.79 Å². The van der Waals surface area contributed by atoms with Gasteiger partial charge in [0.1, 0.15) is 6.10 Å². The van der Waals surface area contributed by atoms with E-state index in [4.69, 9.17) is 9.57 Å². The molecule has 0 unspecified atom stereocenters. The van der Waals surface area contributed by atoms with Gasteiger partial charge in [-0.05, 0) is 19.8 Å². The van der Waals surface area contributed by atoms with Crippen molar-refractivity contribution in [2.75, 3.05) is 6.61 Å². The number of hydrogen-bond acceptors (Lipinski definition) is 3. The summed E-state index contributed by atoms with van der Waals surface area (Å²) < 4.78 is 4.86. The molecule has 1 fully saturated rings. The Morgan fingerprint density at radius 1 is 1.62 bits per heavy atom. The highest BCUT2D eigenvalue weighted by atomic mass is 16.7. The van der Waals surface area contributed by atoms with Crippen molar-refractivity contribution in [3.8, 4) is 0 Å². The van der Waals surface area contributed by atoms with Crippen LogP contribution in [0.3, 0.4) is 0 Å². The standard InChI is InChI=1S/C9H13NO3/c1-2-12-9(11)10-7-3-5-8(13-10)6-4-7/h3,5,7-8H,2,4,6H2,1H3/t7-,8+/m0/s1. The van der Waals surface area contributed by atoms with Crippen molar-refractivity contribution < 1.29 is 14.4 Å². The van der Waals surface area contributed by atoms with Gasteiger partial charge >= 0.3 is 6.09 Å². The number of carbonyl (C=O) groups excluding carboxylic acids is 1. The summed E-state index contributed by atoms with van der Waals surface area (Å²) in [5.74, 6) is 0. The molecule has 2 aliphatic heterocycles. The Labute approximate surface area is 77.1 Å². The van der Waals surface area contributed by atoms with E-state index in [-0.39, 0.29) is 18.2 Å². The molecule has 2 bridgehead atoms. The molecule has 1 saturated heterocycles. The highest BCUT2D eigenvalue weighted by Crippen LogP contribution is 2.27. The van der Waals surface area contributed by atoms with Gasteiger partial charge in [-0.2, -0.15) is 5.06 Å². The van der Waals surface area contributed by atoms with Gasteiger partial charge in [-0.1, -0.05) is 12.2 Å². The van der Waals surface area contributed by atoms with Crippen LogP contribution >= 0.6 is 0 Å². The van der Waals surface area contributed by atoms with E-state index >= 15 is 0 Å². The molecule has 0 spiro atoms. The second-order valence-corrected chi connectivity index (χ2v) is 3.20. The number of fused-ring (bicyclic) bond motifs is 2. The zero-order valence-electron chi connectivity index (χ0n) is 7.60. The summed E-state index contributed by atoms with van der Waals surface area (Å²) in [4.78, 5) is 16.7. The first kappa shape index (κ1) is 8.56. The van der Waals surface area contributed by atoms with Gasteiger partial charge < -0.3 is 4.74 Å². The molecule has 2 atom stereocenters. The maximum absolute atomic E-state index is 11.3. The summed E-state index contributed by atoms with van der Waals surface area (Å²) in [5, 5.41) is 1.34. The largest absolute Gasteiger partial charge is 0.448 e. The predicted molar refractivity (Wildman–Crippen MR) is 45.9 cm³/mol. The molecule has 72 valence electrons. The molecule has 13 heavy (non-hydrogen) atoms. The van der Waals surface area contributed by atoms with Crippen LogP contribution in [0.15, 0.2) is 12.2 Å². The highest BCUT2D eigenvalue weighted by Gasteiger charge is 2.35. The van der Waals surface area contributed by atoms with E-state index in [0.717, 1.165) is 12.8 Å². The van der Waals surface area contributed by atoms with Crippen molar-refractivity contribution in [2.24, 2.45) is 0 Å². The molecule has 0 aromatic carbocycles. The highest BCUT2D eigenvalue weighted by molar-refractivity contribution is 5.67. The first-order chi connectivity index (χ1) is 6.31. The van der Waals surface area contributed by atoms with Crippen LogP contribution in [-0.2, 0) is 9.57 Å². The predicted octanol–water partition coefficient (Wildman–Crippen LogP) is 1.48. The Hall–Kier alpha value is -1.03.